The summed E-state index contributed by atoms with van der Waals surface area (Å²) in [6, 6.07) is 10.3. The fourth-order valence-corrected chi connectivity index (χ4v) is 3.16. The van der Waals surface area contributed by atoms with E-state index in [1.807, 2.05) is 31.2 Å². The lowest BCUT2D eigenvalue weighted by Crippen LogP contribution is -2.19. The highest BCUT2D eigenvalue weighted by molar-refractivity contribution is 5.68. The van der Waals surface area contributed by atoms with Crippen LogP contribution in [0.4, 0.5) is 8.78 Å². The Labute approximate surface area is 135 Å². The molecule has 3 rings (SSSR count). The second kappa shape index (κ2) is 6.77. The molecule has 2 N–H and O–H groups in total. The van der Waals surface area contributed by atoms with Crippen molar-refractivity contribution in [2.24, 2.45) is 5.73 Å². The summed E-state index contributed by atoms with van der Waals surface area (Å²) >= 11 is 0. The van der Waals surface area contributed by atoms with E-state index in [0.29, 0.717) is 6.54 Å². The third-order valence-electron chi connectivity index (χ3n) is 4.46. The molecule has 1 aliphatic heterocycles. The van der Waals surface area contributed by atoms with Gasteiger partial charge in [-0.3, -0.25) is 4.90 Å². The third kappa shape index (κ3) is 3.59. The first-order valence-corrected chi connectivity index (χ1v) is 8.11. The van der Waals surface area contributed by atoms with E-state index < -0.39 is 11.6 Å². The number of nitrogens with zero attached hydrogens (tertiary/aromatic N) is 1. The molecule has 0 bridgehead atoms. The Balaban J connectivity index is 2.02. The Hall–Kier alpha value is -1.78. The standard InChI is InChI=1S/C19H22F2N2/c1-13(22)14-5-4-6-15(9-14)17-11-19(21)18(20)10-16(17)12-23-7-2-3-8-23/h4-6,9-11,13H,2-3,7-8,12,22H2,1H3/t13-/m1/s1. The smallest absolute Gasteiger partial charge is 0.159 e. The molecule has 122 valence electrons. The van der Waals surface area contributed by atoms with Crippen LogP contribution in [0.25, 0.3) is 11.1 Å². The van der Waals surface area contributed by atoms with Crippen molar-refractivity contribution in [2.45, 2.75) is 32.4 Å². The maximum absolute atomic E-state index is 13.8. The molecule has 1 aliphatic rings. The Kier molecular flexibility index (Phi) is 4.74. The average molecular weight is 316 g/mol. The zero-order chi connectivity index (χ0) is 16.4. The topological polar surface area (TPSA) is 29.3 Å². The van der Waals surface area contributed by atoms with Crippen LogP contribution < -0.4 is 5.73 Å². The van der Waals surface area contributed by atoms with E-state index in [9.17, 15) is 8.78 Å². The van der Waals surface area contributed by atoms with Gasteiger partial charge in [0.1, 0.15) is 0 Å². The summed E-state index contributed by atoms with van der Waals surface area (Å²) in [5.74, 6) is -1.59. The van der Waals surface area contributed by atoms with Gasteiger partial charge >= 0.3 is 0 Å². The van der Waals surface area contributed by atoms with Crippen molar-refractivity contribution in [2.75, 3.05) is 13.1 Å². The first kappa shape index (κ1) is 16.1. The van der Waals surface area contributed by atoms with Gasteiger partial charge in [-0.2, -0.15) is 0 Å². The van der Waals surface area contributed by atoms with Gasteiger partial charge in [-0.15, -0.1) is 0 Å². The molecule has 0 aromatic heterocycles. The minimum Gasteiger partial charge on any atom is -0.324 e. The van der Waals surface area contributed by atoms with Gasteiger partial charge in [0.2, 0.25) is 0 Å². The van der Waals surface area contributed by atoms with Crippen LogP contribution in [0.1, 0.15) is 36.9 Å². The van der Waals surface area contributed by atoms with E-state index in [2.05, 4.69) is 4.90 Å². The van der Waals surface area contributed by atoms with E-state index in [1.54, 1.807) is 0 Å². The van der Waals surface area contributed by atoms with E-state index in [4.69, 9.17) is 5.73 Å². The normalized spacial score (nSPS) is 16.7. The zero-order valence-electron chi connectivity index (χ0n) is 13.4. The maximum atomic E-state index is 13.8. The number of halogens is 2. The van der Waals surface area contributed by atoms with Crippen molar-refractivity contribution >= 4 is 0 Å². The van der Waals surface area contributed by atoms with Crippen molar-refractivity contribution in [3.05, 3.63) is 59.2 Å². The fourth-order valence-electron chi connectivity index (χ4n) is 3.16. The molecule has 2 nitrogen and oxygen atoms in total. The van der Waals surface area contributed by atoms with Crippen LogP contribution in [0, 0.1) is 11.6 Å². The monoisotopic (exact) mass is 316 g/mol. The second-order valence-electron chi connectivity index (χ2n) is 6.32. The van der Waals surface area contributed by atoms with Crippen LogP contribution in [0.2, 0.25) is 0 Å². The Bertz CT molecular complexity index is 692. The van der Waals surface area contributed by atoms with Crippen molar-refractivity contribution in [3.63, 3.8) is 0 Å². The van der Waals surface area contributed by atoms with Gasteiger partial charge in [0.25, 0.3) is 0 Å². The molecule has 0 saturated carbocycles. The van der Waals surface area contributed by atoms with Crippen LogP contribution in [0.3, 0.4) is 0 Å². The SMILES string of the molecule is C[C@@H](N)c1cccc(-c2cc(F)c(F)cc2CN2CCCC2)c1. The molecule has 2 aromatic rings. The molecular weight excluding hydrogens is 294 g/mol. The van der Waals surface area contributed by atoms with Crippen LogP contribution >= 0.6 is 0 Å². The number of hydrogen-bond acceptors (Lipinski definition) is 2. The molecule has 0 radical (unpaired) electrons. The van der Waals surface area contributed by atoms with Crippen LogP contribution in [-0.2, 0) is 6.54 Å². The molecule has 0 amide bonds. The van der Waals surface area contributed by atoms with Crippen LogP contribution in [-0.4, -0.2) is 18.0 Å². The molecule has 1 fully saturated rings. The van der Waals surface area contributed by atoms with Crippen LogP contribution in [0.15, 0.2) is 36.4 Å². The number of hydrogen-bond donors (Lipinski definition) is 1. The van der Waals surface area contributed by atoms with Gasteiger partial charge in [0.05, 0.1) is 0 Å². The molecule has 0 spiro atoms. The molecule has 1 saturated heterocycles. The minimum atomic E-state index is -0.809. The lowest BCUT2D eigenvalue weighted by Gasteiger charge is -2.18. The zero-order valence-corrected chi connectivity index (χ0v) is 13.4. The highest BCUT2D eigenvalue weighted by Crippen LogP contribution is 2.29. The summed E-state index contributed by atoms with van der Waals surface area (Å²) < 4.78 is 27.5. The fraction of sp³-hybridized carbons (Fsp3) is 0.368. The lowest BCUT2D eigenvalue weighted by atomic mass is 9.96. The number of likely N-dealkylation sites (tertiary alicyclic amines) is 1. The van der Waals surface area contributed by atoms with Gasteiger partial charge in [0, 0.05) is 12.6 Å². The Morgan fingerprint density at radius 3 is 2.48 bits per heavy atom. The number of nitrogens with two attached hydrogens (primary N) is 1. The van der Waals surface area contributed by atoms with Crippen molar-refractivity contribution in [1.82, 2.24) is 4.90 Å². The first-order valence-electron chi connectivity index (χ1n) is 8.11. The summed E-state index contributed by atoms with van der Waals surface area (Å²) in [6.45, 7) is 4.58. The van der Waals surface area contributed by atoms with Gasteiger partial charge in [-0.05, 0) is 73.3 Å². The highest BCUT2D eigenvalue weighted by atomic mass is 19.2. The lowest BCUT2D eigenvalue weighted by molar-refractivity contribution is 0.331. The summed E-state index contributed by atoms with van der Waals surface area (Å²) in [5.41, 5.74) is 9.39. The molecule has 23 heavy (non-hydrogen) atoms. The quantitative estimate of drug-likeness (QED) is 0.914. The second-order valence-corrected chi connectivity index (χ2v) is 6.32. The largest absolute Gasteiger partial charge is 0.324 e. The van der Waals surface area contributed by atoms with E-state index in [1.165, 1.54) is 25.0 Å². The molecule has 1 heterocycles. The summed E-state index contributed by atoms with van der Waals surface area (Å²) in [6.07, 6.45) is 2.33. The van der Waals surface area contributed by atoms with E-state index in [0.717, 1.165) is 35.3 Å². The van der Waals surface area contributed by atoms with Gasteiger partial charge in [-0.25, -0.2) is 8.78 Å². The highest BCUT2D eigenvalue weighted by Gasteiger charge is 2.17. The molecule has 2 aromatic carbocycles. The third-order valence-corrected chi connectivity index (χ3v) is 4.46. The van der Waals surface area contributed by atoms with Crippen molar-refractivity contribution < 1.29 is 8.78 Å². The predicted molar refractivity (Wildman–Crippen MR) is 88.9 cm³/mol. The minimum absolute atomic E-state index is 0.0951. The predicted octanol–water partition coefficient (Wildman–Crippen LogP) is 4.25. The summed E-state index contributed by atoms with van der Waals surface area (Å²) in [7, 11) is 0. The summed E-state index contributed by atoms with van der Waals surface area (Å²) in [5, 5.41) is 0. The molecular formula is C19H22F2N2. The Morgan fingerprint density at radius 2 is 1.78 bits per heavy atom. The van der Waals surface area contributed by atoms with Gasteiger partial charge < -0.3 is 5.73 Å². The number of rotatable bonds is 4. The molecule has 4 heteroatoms. The Morgan fingerprint density at radius 1 is 1.09 bits per heavy atom. The van der Waals surface area contributed by atoms with Gasteiger partial charge in [0.15, 0.2) is 11.6 Å². The molecule has 0 unspecified atom stereocenters. The van der Waals surface area contributed by atoms with E-state index in [-0.39, 0.29) is 6.04 Å². The maximum Gasteiger partial charge on any atom is 0.159 e. The van der Waals surface area contributed by atoms with E-state index >= 15 is 0 Å². The van der Waals surface area contributed by atoms with Crippen LogP contribution in [0.5, 0.6) is 0 Å². The molecule has 0 aliphatic carbocycles. The van der Waals surface area contributed by atoms with Crippen molar-refractivity contribution in [3.8, 4) is 11.1 Å². The summed E-state index contributed by atoms with van der Waals surface area (Å²) in [4.78, 5) is 2.28. The average Bonchev–Trinajstić information content (AvgIpc) is 3.04. The molecule has 1 atom stereocenters. The number of benzene rings is 2. The van der Waals surface area contributed by atoms with Crippen molar-refractivity contribution in [1.29, 1.82) is 0 Å². The van der Waals surface area contributed by atoms with Gasteiger partial charge in [-0.1, -0.05) is 18.2 Å². The first-order chi connectivity index (χ1) is 11.0.